The van der Waals surface area contributed by atoms with Crippen LogP contribution in [0.5, 0.6) is 0 Å². The molecule has 5 rings (SSSR count). The summed E-state index contributed by atoms with van der Waals surface area (Å²) in [6.45, 7) is 8.37. The first-order valence-electron chi connectivity index (χ1n) is 12.2. The maximum atomic E-state index is 6.38. The van der Waals surface area contributed by atoms with E-state index in [2.05, 4.69) is 143 Å². The van der Waals surface area contributed by atoms with Gasteiger partial charge in [-0.1, -0.05) is 115 Å². The van der Waals surface area contributed by atoms with Gasteiger partial charge in [-0.05, 0) is 66.6 Å². The molecule has 1 heterocycles. The van der Waals surface area contributed by atoms with Crippen LogP contribution in [0.3, 0.4) is 0 Å². The summed E-state index contributed by atoms with van der Waals surface area (Å²) >= 11 is 0. The lowest BCUT2D eigenvalue weighted by molar-refractivity contribution is 0.00578. The van der Waals surface area contributed by atoms with Crippen LogP contribution in [0.2, 0.25) is 0 Å². The predicted molar refractivity (Wildman–Crippen MR) is 147 cm³/mol. The minimum absolute atomic E-state index is 0.384. The maximum absolute atomic E-state index is 6.38. The molecule has 4 aromatic rings. The van der Waals surface area contributed by atoms with Gasteiger partial charge in [0.05, 0.1) is 11.2 Å². The standard InChI is InChI=1S/C32H31BO2/c1-31(2)32(3,4)35-33(34-31)28-22-14-21-27(23-28)30(26-19-12-7-13-20-26)29(24-15-8-5-9-16-24)25-17-10-6-11-18-25/h5-23H,1-4H3. The highest BCUT2D eigenvalue weighted by molar-refractivity contribution is 6.62. The van der Waals surface area contributed by atoms with E-state index in [4.69, 9.17) is 9.31 Å². The number of hydrogen-bond donors (Lipinski definition) is 0. The third-order valence-electron chi connectivity index (χ3n) is 7.14. The first-order chi connectivity index (χ1) is 16.9. The molecule has 0 bridgehead atoms. The van der Waals surface area contributed by atoms with Crippen LogP contribution in [-0.4, -0.2) is 18.3 Å². The molecule has 4 aromatic carbocycles. The Morgan fingerprint density at radius 2 is 0.857 bits per heavy atom. The summed E-state index contributed by atoms with van der Waals surface area (Å²) in [6, 6.07) is 40.5. The Morgan fingerprint density at radius 3 is 1.29 bits per heavy atom. The van der Waals surface area contributed by atoms with Gasteiger partial charge in [0.25, 0.3) is 0 Å². The smallest absolute Gasteiger partial charge is 0.399 e. The molecule has 1 aliphatic heterocycles. The monoisotopic (exact) mass is 458 g/mol. The minimum atomic E-state index is -0.408. The second-order valence-electron chi connectivity index (χ2n) is 10.1. The van der Waals surface area contributed by atoms with Gasteiger partial charge >= 0.3 is 7.12 Å². The maximum Gasteiger partial charge on any atom is 0.494 e. The van der Waals surface area contributed by atoms with E-state index in [1.807, 2.05) is 0 Å². The van der Waals surface area contributed by atoms with Crippen LogP contribution >= 0.6 is 0 Å². The van der Waals surface area contributed by atoms with Gasteiger partial charge in [-0.15, -0.1) is 0 Å². The summed E-state index contributed by atoms with van der Waals surface area (Å²) in [5, 5.41) is 0. The lowest BCUT2D eigenvalue weighted by atomic mass is 9.76. The van der Waals surface area contributed by atoms with Gasteiger partial charge in [0.15, 0.2) is 0 Å². The van der Waals surface area contributed by atoms with Crippen molar-refractivity contribution in [2.24, 2.45) is 0 Å². The van der Waals surface area contributed by atoms with Gasteiger partial charge in [-0.3, -0.25) is 0 Å². The minimum Gasteiger partial charge on any atom is -0.399 e. The van der Waals surface area contributed by atoms with E-state index >= 15 is 0 Å². The molecule has 3 heteroatoms. The van der Waals surface area contributed by atoms with E-state index < -0.39 is 7.12 Å². The van der Waals surface area contributed by atoms with E-state index in [1.165, 1.54) is 27.8 Å². The Bertz CT molecular complexity index is 1270. The highest BCUT2D eigenvalue weighted by Crippen LogP contribution is 2.38. The van der Waals surface area contributed by atoms with Gasteiger partial charge in [-0.2, -0.15) is 0 Å². The molecule has 174 valence electrons. The van der Waals surface area contributed by atoms with Crippen molar-refractivity contribution in [3.63, 3.8) is 0 Å². The Balaban J connectivity index is 1.73. The van der Waals surface area contributed by atoms with Crippen LogP contribution < -0.4 is 5.46 Å². The van der Waals surface area contributed by atoms with Gasteiger partial charge in [0.1, 0.15) is 0 Å². The topological polar surface area (TPSA) is 18.5 Å². The normalized spacial score (nSPS) is 16.2. The molecule has 0 spiro atoms. The molecule has 0 N–H and O–H groups in total. The Labute approximate surface area is 209 Å². The van der Waals surface area contributed by atoms with Crippen molar-refractivity contribution in [1.82, 2.24) is 0 Å². The number of rotatable bonds is 5. The molecule has 0 saturated carbocycles. The third-order valence-corrected chi connectivity index (χ3v) is 7.14. The molecular weight excluding hydrogens is 427 g/mol. The zero-order valence-electron chi connectivity index (χ0n) is 20.9. The first kappa shape index (κ1) is 23.4. The van der Waals surface area contributed by atoms with Crippen molar-refractivity contribution >= 4 is 23.7 Å². The van der Waals surface area contributed by atoms with Crippen LogP contribution in [0.15, 0.2) is 115 Å². The average Bonchev–Trinajstić information content (AvgIpc) is 3.10. The summed E-state index contributed by atoms with van der Waals surface area (Å²) in [5.74, 6) is 0. The molecule has 1 fully saturated rings. The largest absolute Gasteiger partial charge is 0.494 e. The summed E-state index contributed by atoms with van der Waals surface area (Å²) in [5.41, 5.74) is 7.29. The van der Waals surface area contributed by atoms with Crippen molar-refractivity contribution < 1.29 is 9.31 Å². The number of benzene rings is 4. The Kier molecular flexibility index (Phi) is 6.23. The summed E-state index contributed by atoms with van der Waals surface area (Å²) in [7, 11) is -0.408. The lowest BCUT2D eigenvalue weighted by Crippen LogP contribution is -2.41. The SMILES string of the molecule is CC1(C)OB(c2cccc(C(=C(c3ccccc3)c3ccccc3)c3ccccc3)c2)OC1(C)C. The van der Waals surface area contributed by atoms with Gasteiger partial charge < -0.3 is 9.31 Å². The molecule has 1 saturated heterocycles. The van der Waals surface area contributed by atoms with Crippen molar-refractivity contribution in [2.45, 2.75) is 38.9 Å². The fraction of sp³-hybridized carbons (Fsp3) is 0.188. The van der Waals surface area contributed by atoms with Crippen molar-refractivity contribution in [2.75, 3.05) is 0 Å². The van der Waals surface area contributed by atoms with Gasteiger partial charge in [0.2, 0.25) is 0 Å². The van der Waals surface area contributed by atoms with Crippen LogP contribution in [0.4, 0.5) is 0 Å². The van der Waals surface area contributed by atoms with E-state index in [1.54, 1.807) is 0 Å². The zero-order valence-corrected chi connectivity index (χ0v) is 20.9. The van der Waals surface area contributed by atoms with Crippen LogP contribution in [-0.2, 0) is 9.31 Å². The molecule has 1 aliphatic rings. The number of hydrogen-bond acceptors (Lipinski definition) is 2. The van der Waals surface area contributed by atoms with E-state index in [-0.39, 0.29) is 11.2 Å². The molecule has 2 nitrogen and oxygen atoms in total. The first-order valence-corrected chi connectivity index (χ1v) is 12.2. The Morgan fingerprint density at radius 1 is 0.486 bits per heavy atom. The van der Waals surface area contributed by atoms with Gasteiger partial charge in [0, 0.05) is 0 Å². The fourth-order valence-electron chi connectivity index (χ4n) is 4.55. The summed E-state index contributed by atoms with van der Waals surface area (Å²) < 4.78 is 12.8. The molecule has 0 atom stereocenters. The molecule has 0 unspecified atom stereocenters. The molecule has 0 amide bonds. The summed E-state index contributed by atoms with van der Waals surface area (Å²) in [4.78, 5) is 0. The van der Waals surface area contributed by atoms with Crippen LogP contribution in [0, 0.1) is 0 Å². The van der Waals surface area contributed by atoms with Crippen molar-refractivity contribution in [3.05, 3.63) is 138 Å². The molecule has 0 aromatic heterocycles. The summed E-state index contributed by atoms with van der Waals surface area (Å²) in [6.07, 6.45) is 0. The zero-order chi connectivity index (χ0) is 24.5. The Hall–Kier alpha value is -3.40. The lowest BCUT2D eigenvalue weighted by Gasteiger charge is -2.32. The average molecular weight is 458 g/mol. The molecule has 35 heavy (non-hydrogen) atoms. The van der Waals surface area contributed by atoms with E-state index in [0.717, 1.165) is 11.0 Å². The van der Waals surface area contributed by atoms with Gasteiger partial charge in [-0.25, -0.2) is 0 Å². The second kappa shape index (κ2) is 9.33. The molecule has 0 radical (unpaired) electrons. The quantitative estimate of drug-likeness (QED) is 0.237. The predicted octanol–water partition coefficient (Wildman–Crippen LogP) is 6.99. The molecule has 0 aliphatic carbocycles. The highest BCUT2D eigenvalue weighted by atomic mass is 16.7. The molecular formula is C32H31BO2. The second-order valence-corrected chi connectivity index (χ2v) is 10.1. The van der Waals surface area contributed by atoms with Crippen LogP contribution in [0.1, 0.15) is 49.9 Å². The highest BCUT2D eigenvalue weighted by Gasteiger charge is 2.51. The van der Waals surface area contributed by atoms with Crippen molar-refractivity contribution in [1.29, 1.82) is 0 Å². The van der Waals surface area contributed by atoms with Crippen molar-refractivity contribution in [3.8, 4) is 0 Å². The third kappa shape index (κ3) is 4.62. The van der Waals surface area contributed by atoms with Crippen LogP contribution in [0.25, 0.3) is 11.1 Å². The van der Waals surface area contributed by atoms with E-state index in [9.17, 15) is 0 Å². The van der Waals surface area contributed by atoms with E-state index in [0.29, 0.717) is 0 Å². The fourth-order valence-corrected chi connectivity index (χ4v) is 4.55.